The summed E-state index contributed by atoms with van der Waals surface area (Å²) in [5.74, 6) is 0.724. The van der Waals surface area contributed by atoms with Gasteiger partial charge in [-0.15, -0.1) is 0 Å². The van der Waals surface area contributed by atoms with E-state index in [1.165, 1.54) is 17.2 Å². The normalized spacial score (nSPS) is 18.6. The molecule has 0 saturated carbocycles. The van der Waals surface area contributed by atoms with Crippen molar-refractivity contribution in [2.75, 3.05) is 12.4 Å². The molecule has 1 atom stereocenters. The van der Waals surface area contributed by atoms with Crippen molar-refractivity contribution >= 4 is 16.7 Å². The number of ether oxygens (including phenoxy) is 1. The van der Waals surface area contributed by atoms with E-state index in [1.54, 1.807) is 7.11 Å². The second-order valence-electron chi connectivity index (χ2n) is 5.22. The summed E-state index contributed by atoms with van der Waals surface area (Å²) in [4.78, 5) is 8.64. The minimum Gasteiger partial charge on any atom is -0.371 e. The van der Waals surface area contributed by atoms with Crippen LogP contribution in [0.5, 0.6) is 0 Å². The van der Waals surface area contributed by atoms with E-state index >= 15 is 0 Å². The lowest BCUT2D eigenvalue weighted by molar-refractivity contribution is 0.0126. The number of anilines is 1. The third-order valence-corrected chi connectivity index (χ3v) is 4.12. The highest BCUT2D eigenvalue weighted by Gasteiger charge is 2.26. The molecule has 7 heteroatoms. The molecule has 3 rings (SSSR count). The van der Waals surface area contributed by atoms with Crippen LogP contribution < -0.4 is 5.32 Å². The maximum Gasteiger partial charge on any atom is 0.202 e. The molecule has 0 radical (unpaired) electrons. The van der Waals surface area contributed by atoms with Crippen LogP contribution in [0.1, 0.15) is 25.4 Å². The Kier molecular flexibility index (Phi) is 3.02. The van der Waals surface area contributed by atoms with Crippen molar-refractivity contribution in [1.29, 1.82) is 0 Å². The lowest BCUT2D eigenvalue weighted by atomic mass is 10.1. The molecule has 1 unspecified atom stereocenters. The van der Waals surface area contributed by atoms with E-state index in [4.69, 9.17) is 4.74 Å². The monoisotopic (exact) mass is 279 g/mol. The van der Waals surface area contributed by atoms with Gasteiger partial charge < -0.3 is 14.6 Å². The van der Waals surface area contributed by atoms with E-state index < -0.39 is 5.60 Å². The van der Waals surface area contributed by atoms with E-state index in [0.717, 1.165) is 23.9 Å². The van der Waals surface area contributed by atoms with E-state index in [2.05, 4.69) is 24.2 Å². The summed E-state index contributed by atoms with van der Waals surface area (Å²) in [7, 11) is 1.67. The fourth-order valence-electron chi connectivity index (χ4n) is 2.13. The fraction of sp³-hybridized carbons (Fsp3) is 0.583. The van der Waals surface area contributed by atoms with Gasteiger partial charge in [0.1, 0.15) is 5.60 Å². The van der Waals surface area contributed by atoms with Gasteiger partial charge in [-0.1, -0.05) is 0 Å². The topological polar surface area (TPSA) is 64.9 Å². The number of hydrogen-bond donors (Lipinski definition) is 1. The van der Waals surface area contributed by atoms with Gasteiger partial charge in [0.25, 0.3) is 0 Å². The van der Waals surface area contributed by atoms with Crippen LogP contribution in [0.2, 0.25) is 0 Å². The Morgan fingerprint density at radius 1 is 1.53 bits per heavy atom. The highest BCUT2D eigenvalue weighted by atomic mass is 32.1. The number of aromatic nitrogens is 4. The Balaban J connectivity index is 1.67. The van der Waals surface area contributed by atoms with Gasteiger partial charge >= 0.3 is 0 Å². The molecular formula is C12H17N5OS. The lowest BCUT2D eigenvalue weighted by Gasteiger charge is -2.18. The minimum absolute atomic E-state index is 0.365. The van der Waals surface area contributed by atoms with Gasteiger partial charge in [-0.2, -0.15) is 4.37 Å². The first-order valence-electron chi connectivity index (χ1n) is 6.23. The van der Waals surface area contributed by atoms with Crippen molar-refractivity contribution in [3.05, 3.63) is 24.0 Å². The Labute approximate surface area is 116 Å². The van der Waals surface area contributed by atoms with E-state index in [9.17, 15) is 0 Å². The summed E-state index contributed by atoms with van der Waals surface area (Å²) < 4.78 is 11.9. The van der Waals surface area contributed by atoms with Crippen molar-refractivity contribution in [2.24, 2.45) is 0 Å². The Morgan fingerprint density at radius 3 is 3.11 bits per heavy atom. The SMILES string of the molecule is COC(C)(C)c1nsc(NC2Cc3cncn3C2)n1. The summed E-state index contributed by atoms with van der Waals surface area (Å²) in [6, 6.07) is 0.365. The van der Waals surface area contributed by atoms with Gasteiger partial charge in [-0.25, -0.2) is 9.97 Å². The molecule has 0 aromatic carbocycles. The Bertz CT molecular complexity index is 556. The fourth-order valence-corrected chi connectivity index (χ4v) is 2.91. The quantitative estimate of drug-likeness (QED) is 0.922. The zero-order valence-corrected chi connectivity index (χ0v) is 12.1. The maximum absolute atomic E-state index is 5.39. The molecule has 1 aliphatic rings. The summed E-state index contributed by atoms with van der Waals surface area (Å²) in [6.07, 6.45) is 4.76. The molecular weight excluding hydrogens is 262 g/mol. The van der Waals surface area contributed by atoms with Crippen LogP contribution in [0, 0.1) is 0 Å². The molecule has 0 spiro atoms. The first-order valence-corrected chi connectivity index (χ1v) is 7.01. The first-order chi connectivity index (χ1) is 9.08. The summed E-state index contributed by atoms with van der Waals surface area (Å²) in [6.45, 7) is 4.86. The zero-order valence-electron chi connectivity index (χ0n) is 11.3. The van der Waals surface area contributed by atoms with Gasteiger partial charge in [0, 0.05) is 43.5 Å². The van der Waals surface area contributed by atoms with Crippen molar-refractivity contribution in [3.63, 3.8) is 0 Å². The molecule has 2 aromatic heterocycles. The van der Waals surface area contributed by atoms with Crippen LogP contribution in [0.15, 0.2) is 12.5 Å². The molecule has 0 fully saturated rings. The van der Waals surface area contributed by atoms with Gasteiger partial charge in [0.2, 0.25) is 5.13 Å². The number of rotatable bonds is 4. The second-order valence-corrected chi connectivity index (χ2v) is 5.97. The second kappa shape index (κ2) is 4.57. The van der Waals surface area contributed by atoms with Crippen molar-refractivity contribution in [3.8, 4) is 0 Å². The molecule has 3 heterocycles. The van der Waals surface area contributed by atoms with Crippen LogP contribution in [0.4, 0.5) is 5.13 Å². The molecule has 6 nitrogen and oxygen atoms in total. The molecule has 0 bridgehead atoms. The van der Waals surface area contributed by atoms with Gasteiger partial charge in [0.05, 0.1) is 12.4 Å². The molecule has 2 aromatic rings. The first kappa shape index (κ1) is 12.6. The van der Waals surface area contributed by atoms with Crippen LogP contribution in [0.3, 0.4) is 0 Å². The summed E-state index contributed by atoms with van der Waals surface area (Å²) in [5.41, 5.74) is 0.820. The number of nitrogens with zero attached hydrogens (tertiary/aromatic N) is 4. The predicted molar refractivity (Wildman–Crippen MR) is 73.3 cm³/mol. The molecule has 0 amide bonds. The van der Waals surface area contributed by atoms with Crippen LogP contribution in [-0.4, -0.2) is 32.1 Å². The highest BCUT2D eigenvalue weighted by molar-refractivity contribution is 7.09. The standard InChI is InChI=1S/C12H17N5OS/c1-12(2,18-3)10-15-11(19-16-10)14-8-4-9-5-13-7-17(9)6-8/h5,7-8H,4,6H2,1-3H3,(H,14,15,16). The zero-order chi connectivity index (χ0) is 13.5. The third-order valence-electron chi connectivity index (χ3n) is 3.47. The number of hydrogen-bond acceptors (Lipinski definition) is 6. The van der Waals surface area contributed by atoms with Crippen molar-refractivity contribution in [1.82, 2.24) is 18.9 Å². The molecule has 1 aliphatic heterocycles. The van der Waals surface area contributed by atoms with Crippen LogP contribution in [-0.2, 0) is 23.3 Å². The van der Waals surface area contributed by atoms with Crippen LogP contribution in [0.25, 0.3) is 0 Å². The van der Waals surface area contributed by atoms with Gasteiger partial charge in [0.15, 0.2) is 5.82 Å². The number of nitrogens with one attached hydrogen (secondary N) is 1. The molecule has 0 aliphatic carbocycles. The smallest absolute Gasteiger partial charge is 0.202 e. The highest BCUT2D eigenvalue weighted by Crippen LogP contribution is 2.26. The van der Waals surface area contributed by atoms with E-state index in [-0.39, 0.29) is 0 Å². The molecule has 0 saturated heterocycles. The lowest BCUT2D eigenvalue weighted by Crippen LogP contribution is -2.23. The number of imidazole rings is 1. The number of fused-ring (bicyclic) bond motifs is 1. The molecule has 102 valence electrons. The Hall–Kier alpha value is -1.47. The average molecular weight is 279 g/mol. The van der Waals surface area contributed by atoms with Gasteiger partial charge in [-0.05, 0) is 13.8 Å². The summed E-state index contributed by atoms with van der Waals surface area (Å²) in [5, 5.41) is 4.28. The number of methoxy groups -OCH3 is 1. The van der Waals surface area contributed by atoms with E-state index in [1.807, 2.05) is 26.4 Å². The van der Waals surface area contributed by atoms with Crippen molar-refractivity contribution in [2.45, 2.75) is 38.5 Å². The maximum atomic E-state index is 5.39. The Morgan fingerprint density at radius 2 is 2.37 bits per heavy atom. The van der Waals surface area contributed by atoms with E-state index in [0.29, 0.717) is 6.04 Å². The molecule has 19 heavy (non-hydrogen) atoms. The minimum atomic E-state index is -0.443. The average Bonchev–Trinajstić information content (AvgIpc) is 3.04. The predicted octanol–water partition coefficient (Wildman–Crippen LogP) is 1.65. The third kappa shape index (κ3) is 2.35. The van der Waals surface area contributed by atoms with Crippen LogP contribution >= 0.6 is 11.5 Å². The largest absolute Gasteiger partial charge is 0.371 e. The van der Waals surface area contributed by atoms with Gasteiger partial charge in [-0.3, -0.25) is 0 Å². The summed E-state index contributed by atoms with van der Waals surface area (Å²) >= 11 is 1.38. The van der Waals surface area contributed by atoms with Crippen molar-refractivity contribution < 1.29 is 4.74 Å². The molecule has 1 N–H and O–H groups in total.